The van der Waals surface area contributed by atoms with E-state index >= 15 is 0 Å². The number of rotatable bonds is 3. The zero-order valence-corrected chi connectivity index (χ0v) is 11.2. The maximum Gasteiger partial charge on any atom is 0.195 e. The van der Waals surface area contributed by atoms with Crippen LogP contribution >= 0.6 is 0 Å². The second-order valence-corrected chi connectivity index (χ2v) is 4.42. The average Bonchev–Trinajstić information content (AvgIpc) is 2.26. The molecule has 100 valence electrons. The summed E-state index contributed by atoms with van der Waals surface area (Å²) in [6.45, 7) is 0.351. The van der Waals surface area contributed by atoms with Crippen LogP contribution in [0.1, 0.15) is 5.56 Å². The topological polar surface area (TPSA) is 18.8 Å². The Morgan fingerprint density at radius 3 is 2.00 bits per heavy atom. The van der Waals surface area contributed by atoms with E-state index in [0.29, 0.717) is 6.54 Å². The maximum absolute atomic E-state index is 13.4. The third kappa shape index (κ3) is 3.68. The second kappa shape index (κ2) is 6.33. The zero-order valence-electron chi connectivity index (χ0n) is 11.2. The van der Waals surface area contributed by atoms with E-state index in [4.69, 9.17) is 0 Å². The Bertz CT molecular complexity index is 398. The lowest BCUT2D eigenvalue weighted by Gasteiger charge is -2.22. The molecule has 0 heterocycles. The monoisotopic (exact) mass is 255 g/mol. The lowest BCUT2D eigenvalue weighted by Crippen LogP contribution is -2.35. The first kappa shape index (κ1) is 14.4. The van der Waals surface area contributed by atoms with Gasteiger partial charge >= 0.3 is 0 Å². The van der Waals surface area contributed by atoms with E-state index in [0.717, 1.165) is 5.96 Å². The molecule has 1 rings (SSSR count). The predicted molar refractivity (Wildman–Crippen MR) is 69.7 cm³/mol. The van der Waals surface area contributed by atoms with Crippen LogP contribution in [-0.2, 0) is 6.42 Å². The van der Waals surface area contributed by atoms with E-state index in [1.807, 2.05) is 38.0 Å². The van der Waals surface area contributed by atoms with E-state index in [1.54, 1.807) is 0 Å². The van der Waals surface area contributed by atoms with Crippen molar-refractivity contribution in [2.75, 3.05) is 34.7 Å². The second-order valence-electron chi connectivity index (χ2n) is 4.42. The van der Waals surface area contributed by atoms with E-state index < -0.39 is 11.6 Å². The van der Waals surface area contributed by atoms with Crippen LogP contribution in [-0.4, -0.2) is 50.5 Å². The molecule has 0 fully saturated rings. The summed E-state index contributed by atoms with van der Waals surface area (Å²) >= 11 is 0. The standard InChI is InChI=1S/C13H19F2N3/c1-17(2)13(18(3)4)16-9-8-10-11(14)6-5-7-12(10)15/h5-7H,8-9H2,1-4H3. The van der Waals surface area contributed by atoms with Gasteiger partial charge in [0, 0.05) is 40.3 Å². The number of benzene rings is 1. The summed E-state index contributed by atoms with van der Waals surface area (Å²) in [4.78, 5) is 8.05. The fourth-order valence-electron chi connectivity index (χ4n) is 1.72. The molecule has 5 heteroatoms. The molecule has 0 N–H and O–H groups in total. The van der Waals surface area contributed by atoms with Gasteiger partial charge in [-0.25, -0.2) is 8.78 Å². The zero-order chi connectivity index (χ0) is 13.7. The SMILES string of the molecule is CN(C)C(=NCCc1c(F)cccc1F)N(C)C. The Labute approximate surface area is 107 Å². The van der Waals surface area contributed by atoms with Crippen LogP contribution < -0.4 is 0 Å². The Kier molecular flexibility index (Phi) is 5.07. The molecule has 0 aromatic heterocycles. The molecule has 0 aliphatic heterocycles. The number of hydrogen-bond acceptors (Lipinski definition) is 1. The van der Waals surface area contributed by atoms with Gasteiger partial charge in [0.15, 0.2) is 5.96 Å². The summed E-state index contributed by atoms with van der Waals surface area (Å²) in [6.07, 6.45) is 0.254. The molecular weight excluding hydrogens is 236 g/mol. The van der Waals surface area contributed by atoms with Crippen molar-refractivity contribution >= 4 is 5.96 Å². The molecule has 1 aromatic rings. The minimum atomic E-state index is -0.513. The lowest BCUT2D eigenvalue weighted by molar-refractivity contribution is 0.479. The fourth-order valence-corrected chi connectivity index (χ4v) is 1.72. The molecule has 0 amide bonds. The summed E-state index contributed by atoms with van der Waals surface area (Å²) < 4.78 is 26.8. The van der Waals surface area contributed by atoms with Crippen molar-refractivity contribution in [3.63, 3.8) is 0 Å². The third-order valence-corrected chi connectivity index (χ3v) is 2.48. The molecule has 0 bridgehead atoms. The Hall–Kier alpha value is -1.65. The van der Waals surface area contributed by atoms with Gasteiger partial charge < -0.3 is 9.80 Å². The highest BCUT2D eigenvalue weighted by Crippen LogP contribution is 2.12. The maximum atomic E-state index is 13.4. The van der Waals surface area contributed by atoms with Gasteiger partial charge in [-0.2, -0.15) is 0 Å². The molecule has 0 aliphatic carbocycles. The smallest absolute Gasteiger partial charge is 0.195 e. The highest BCUT2D eigenvalue weighted by atomic mass is 19.1. The van der Waals surface area contributed by atoms with Crippen LogP contribution in [0.25, 0.3) is 0 Å². The van der Waals surface area contributed by atoms with Gasteiger partial charge in [0.1, 0.15) is 11.6 Å². The molecule has 0 unspecified atom stereocenters. The van der Waals surface area contributed by atoms with Gasteiger partial charge in [-0.1, -0.05) is 6.07 Å². The molecule has 3 nitrogen and oxygen atoms in total. The van der Waals surface area contributed by atoms with Gasteiger partial charge in [-0.3, -0.25) is 4.99 Å². The summed E-state index contributed by atoms with van der Waals surface area (Å²) in [5.41, 5.74) is 0.0955. The summed E-state index contributed by atoms with van der Waals surface area (Å²) in [6, 6.07) is 3.89. The number of halogens is 2. The van der Waals surface area contributed by atoms with E-state index in [2.05, 4.69) is 4.99 Å². The largest absolute Gasteiger partial charge is 0.349 e. The third-order valence-electron chi connectivity index (χ3n) is 2.48. The van der Waals surface area contributed by atoms with Crippen molar-refractivity contribution in [2.45, 2.75) is 6.42 Å². The van der Waals surface area contributed by atoms with E-state index in [1.165, 1.54) is 18.2 Å². The van der Waals surface area contributed by atoms with Crippen molar-refractivity contribution in [3.8, 4) is 0 Å². The van der Waals surface area contributed by atoms with Crippen molar-refractivity contribution < 1.29 is 8.78 Å². The fraction of sp³-hybridized carbons (Fsp3) is 0.462. The van der Waals surface area contributed by atoms with Gasteiger partial charge in [0.2, 0.25) is 0 Å². The quantitative estimate of drug-likeness (QED) is 0.607. The number of aliphatic imine (C=N–C) groups is 1. The first-order valence-corrected chi connectivity index (χ1v) is 5.75. The van der Waals surface area contributed by atoms with Crippen LogP contribution in [0.2, 0.25) is 0 Å². The highest BCUT2D eigenvalue weighted by Gasteiger charge is 2.08. The highest BCUT2D eigenvalue weighted by molar-refractivity contribution is 5.79. The van der Waals surface area contributed by atoms with E-state index in [-0.39, 0.29) is 12.0 Å². The molecule has 0 radical (unpaired) electrons. The summed E-state index contributed by atoms with van der Waals surface area (Å²) in [5.74, 6) is -0.255. The molecule has 1 aromatic carbocycles. The summed E-state index contributed by atoms with van der Waals surface area (Å²) in [7, 11) is 7.51. The summed E-state index contributed by atoms with van der Waals surface area (Å²) in [5, 5.41) is 0. The van der Waals surface area contributed by atoms with Crippen molar-refractivity contribution in [3.05, 3.63) is 35.4 Å². The minimum Gasteiger partial charge on any atom is -0.349 e. The minimum absolute atomic E-state index is 0.0955. The number of nitrogens with zero attached hydrogens (tertiary/aromatic N) is 3. The van der Waals surface area contributed by atoms with Crippen molar-refractivity contribution in [1.82, 2.24) is 9.80 Å². The van der Waals surface area contributed by atoms with Gasteiger partial charge in [0.25, 0.3) is 0 Å². The van der Waals surface area contributed by atoms with Crippen LogP contribution in [0, 0.1) is 11.6 Å². The Morgan fingerprint density at radius 2 is 1.56 bits per heavy atom. The number of hydrogen-bond donors (Lipinski definition) is 0. The van der Waals surface area contributed by atoms with Gasteiger partial charge in [0.05, 0.1) is 0 Å². The molecule has 0 aliphatic rings. The first-order chi connectivity index (χ1) is 8.43. The predicted octanol–water partition coefficient (Wildman–Crippen LogP) is 1.99. The molecular formula is C13H19F2N3. The first-order valence-electron chi connectivity index (χ1n) is 5.75. The molecule has 0 spiro atoms. The molecule has 18 heavy (non-hydrogen) atoms. The molecule has 0 saturated carbocycles. The van der Waals surface area contributed by atoms with Crippen molar-refractivity contribution in [1.29, 1.82) is 0 Å². The van der Waals surface area contributed by atoms with Gasteiger partial charge in [-0.05, 0) is 18.6 Å². The Balaban J connectivity index is 2.74. The van der Waals surface area contributed by atoms with E-state index in [9.17, 15) is 8.78 Å². The normalized spacial score (nSPS) is 10.1. The average molecular weight is 255 g/mol. The Morgan fingerprint density at radius 1 is 1.06 bits per heavy atom. The van der Waals surface area contributed by atoms with Crippen LogP contribution in [0.4, 0.5) is 8.78 Å². The molecule has 0 atom stereocenters. The van der Waals surface area contributed by atoms with Crippen LogP contribution in [0.5, 0.6) is 0 Å². The van der Waals surface area contributed by atoms with Crippen LogP contribution in [0.15, 0.2) is 23.2 Å². The van der Waals surface area contributed by atoms with Gasteiger partial charge in [-0.15, -0.1) is 0 Å². The van der Waals surface area contributed by atoms with Crippen molar-refractivity contribution in [2.24, 2.45) is 4.99 Å². The lowest BCUT2D eigenvalue weighted by atomic mass is 10.1. The van der Waals surface area contributed by atoms with Crippen LogP contribution in [0.3, 0.4) is 0 Å². The molecule has 0 saturated heterocycles. The number of guanidine groups is 1.